The molecule has 0 spiro atoms. The number of nitrogens with zero attached hydrogens (tertiary/aromatic N) is 1. The summed E-state index contributed by atoms with van der Waals surface area (Å²) in [6.45, 7) is 0. The first-order chi connectivity index (χ1) is 9.52. The van der Waals surface area contributed by atoms with Crippen LogP contribution in [0.5, 0.6) is 11.5 Å². The van der Waals surface area contributed by atoms with E-state index < -0.39 is 4.92 Å². The number of nitro benzene ring substituents is 1. The van der Waals surface area contributed by atoms with E-state index >= 15 is 0 Å². The molecular weight excluding hydrogens is 413 g/mol. The van der Waals surface area contributed by atoms with E-state index in [1.54, 1.807) is 24.3 Å². The molecular formula is C13H8Br2ClNO3. The number of benzene rings is 2. The quantitative estimate of drug-likeness (QED) is 0.362. The number of rotatable bonds is 4. The number of halogens is 3. The molecule has 0 amide bonds. The Morgan fingerprint density at radius 3 is 2.65 bits per heavy atom. The van der Waals surface area contributed by atoms with Crippen molar-refractivity contribution < 1.29 is 9.66 Å². The number of alkyl halides is 1. The second-order valence-electron chi connectivity index (χ2n) is 3.83. The fraction of sp³-hybridized carbons (Fsp3) is 0.0769. The molecule has 0 fully saturated rings. The lowest BCUT2D eigenvalue weighted by molar-refractivity contribution is -0.385. The Morgan fingerprint density at radius 1 is 1.25 bits per heavy atom. The summed E-state index contributed by atoms with van der Waals surface area (Å²) in [5.41, 5.74) is 0.845. The van der Waals surface area contributed by atoms with Gasteiger partial charge in [0.2, 0.25) is 0 Å². The van der Waals surface area contributed by atoms with E-state index in [9.17, 15) is 10.1 Å². The highest BCUT2D eigenvalue weighted by atomic mass is 79.9. The Kier molecular flexibility index (Phi) is 5.01. The second kappa shape index (κ2) is 6.56. The molecule has 2 aromatic carbocycles. The van der Waals surface area contributed by atoms with Gasteiger partial charge in [0.15, 0.2) is 0 Å². The fourth-order valence-corrected chi connectivity index (χ4v) is 2.69. The van der Waals surface area contributed by atoms with Gasteiger partial charge in [0.05, 0.1) is 4.92 Å². The van der Waals surface area contributed by atoms with Crippen molar-refractivity contribution in [2.45, 2.75) is 5.33 Å². The van der Waals surface area contributed by atoms with Crippen molar-refractivity contribution in [2.24, 2.45) is 0 Å². The molecule has 2 aromatic rings. The van der Waals surface area contributed by atoms with Gasteiger partial charge in [-0.15, -0.1) is 0 Å². The maximum absolute atomic E-state index is 10.9. The highest BCUT2D eigenvalue weighted by molar-refractivity contribution is 9.10. The summed E-state index contributed by atoms with van der Waals surface area (Å²) >= 11 is 12.5. The van der Waals surface area contributed by atoms with Gasteiger partial charge in [0.1, 0.15) is 16.0 Å². The summed E-state index contributed by atoms with van der Waals surface area (Å²) in [7, 11) is 0. The van der Waals surface area contributed by atoms with E-state index in [1.165, 1.54) is 6.07 Å². The van der Waals surface area contributed by atoms with Crippen LogP contribution in [-0.4, -0.2) is 4.92 Å². The molecule has 0 aliphatic rings. The summed E-state index contributed by atoms with van der Waals surface area (Å²) in [4.78, 5) is 10.4. The SMILES string of the molecule is O=[N+]([O-])c1cccc(Oc2cc(Cl)ccc2CBr)c1Br. The molecule has 0 aliphatic carbocycles. The molecule has 7 heteroatoms. The summed E-state index contributed by atoms with van der Waals surface area (Å²) in [5, 5.41) is 12.0. The zero-order valence-corrected chi connectivity index (χ0v) is 13.9. The molecule has 2 rings (SSSR count). The normalized spacial score (nSPS) is 10.3. The van der Waals surface area contributed by atoms with E-state index in [0.717, 1.165) is 5.56 Å². The third-order valence-electron chi connectivity index (χ3n) is 2.53. The maximum atomic E-state index is 10.9. The van der Waals surface area contributed by atoms with E-state index in [0.29, 0.717) is 26.3 Å². The standard InChI is InChI=1S/C13H8Br2ClNO3/c14-7-8-4-5-9(16)6-12(8)20-11-3-1-2-10(13(11)15)17(18)19/h1-6H,7H2. The monoisotopic (exact) mass is 419 g/mol. The maximum Gasteiger partial charge on any atom is 0.287 e. The Morgan fingerprint density at radius 2 is 2.00 bits per heavy atom. The highest BCUT2D eigenvalue weighted by Gasteiger charge is 2.17. The summed E-state index contributed by atoms with van der Waals surface area (Å²) in [6.07, 6.45) is 0. The first-order valence-corrected chi connectivity index (χ1v) is 7.77. The van der Waals surface area contributed by atoms with Gasteiger partial charge in [-0.1, -0.05) is 39.7 Å². The molecule has 0 saturated carbocycles. The van der Waals surface area contributed by atoms with Crippen molar-refractivity contribution >= 4 is 49.1 Å². The lowest BCUT2D eigenvalue weighted by Gasteiger charge is -2.11. The Balaban J connectivity index is 2.42. The molecule has 0 bridgehead atoms. The number of hydrogen-bond donors (Lipinski definition) is 0. The summed E-state index contributed by atoms with van der Waals surface area (Å²) < 4.78 is 6.03. The highest BCUT2D eigenvalue weighted by Crippen LogP contribution is 2.38. The van der Waals surface area contributed by atoms with Crippen molar-refractivity contribution in [2.75, 3.05) is 0 Å². The minimum absolute atomic E-state index is 0.0510. The van der Waals surface area contributed by atoms with Gasteiger partial charge in [-0.25, -0.2) is 0 Å². The predicted octanol–water partition coefficient (Wildman–Crippen LogP) is 5.70. The average molecular weight is 421 g/mol. The molecule has 0 atom stereocenters. The Hall–Kier alpha value is -1.11. The molecule has 0 aliphatic heterocycles. The molecule has 0 aromatic heterocycles. The third-order valence-corrected chi connectivity index (χ3v) is 4.17. The lowest BCUT2D eigenvalue weighted by Crippen LogP contribution is -1.94. The predicted molar refractivity (Wildman–Crippen MR) is 85.0 cm³/mol. The van der Waals surface area contributed by atoms with Crippen LogP contribution in [0.4, 0.5) is 5.69 Å². The van der Waals surface area contributed by atoms with Crippen LogP contribution in [0, 0.1) is 10.1 Å². The Bertz CT molecular complexity index is 664. The van der Waals surface area contributed by atoms with Crippen LogP contribution in [0.25, 0.3) is 0 Å². The molecule has 104 valence electrons. The van der Waals surface area contributed by atoms with Crippen LogP contribution in [0.1, 0.15) is 5.56 Å². The van der Waals surface area contributed by atoms with Crippen molar-refractivity contribution in [1.82, 2.24) is 0 Å². The zero-order valence-electron chi connectivity index (χ0n) is 9.98. The van der Waals surface area contributed by atoms with E-state index in [4.69, 9.17) is 16.3 Å². The second-order valence-corrected chi connectivity index (χ2v) is 5.62. The van der Waals surface area contributed by atoms with Gasteiger partial charge < -0.3 is 4.74 Å². The smallest absolute Gasteiger partial charge is 0.287 e. The number of ether oxygens (including phenoxy) is 1. The minimum atomic E-state index is -0.472. The summed E-state index contributed by atoms with van der Waals surface area (Å²) in [6, 6.07) is 9.88. The van der Waals surface area contributed by atoms with Gasteiger partial charge in [0.25, 0.3) is 5.69 Å². The van der Waals surface area contributed by atoms with Gasteiger partial charge in [0, 0.05) is 22.0 Å². The van der Waals surface area contributed by atoms with Gasteiger partial charge in [-0.3, -0.25) is 10.1 Å². The average Bonchev–Trinajstić information content (AvgIpc) is 2.41. The van der Waals surface area contributed by atoms with Crippen LogP contribution >= 0.6 is 43.5 Å². The van der Waals surface area contributed by atoms with E-state index in [1.807, 2.05) is 6.07 Å². The van der Waals surface area contributed by atoms with Crippen LogP contribution in [0.2, 0.25) is 5.02 Å². The topological polar surface area (TPSA) is 52.4 Å². The number of hydrogen-bond acceptors (Lipinski definition) is 3. The fourth-order valence-electron chi connectivity index (χ4n) is 1.57. The summed E-state index contributed by atoms with van der Waals surface area (Å²) in [5.74, 6) is 0.916. The molecule has 0 N–H and O–H groups in total. The zero-order chi connectivity index (χ0) is 14.7. The third kappa shape index (κ3) is 3.31. The van der Waals surface area contributed by atoms with Crippen LogP contribution in [-0.2, 0) is 5.33 Å². The lowest BCUT2D eigenvalue weighted by atomic mass is 10.2. The Labute approximate surface area is 137 Å². The molecule has 0 heterocycles. The molecule has 20 heavy (non-hydrogen) atoms. The van der Waals surface area contributed by atoms with Gasteiger partial charge in [-0.2, -0.15) is 0 Å². The largest absolute Gasteiger partial charge is 0.456 e. The molecule has 4 nitrogen and oxygen atoms in total. The van der Waals surface area contributed by atoms with Crippen LogP contribution < -0.4 is 4.74 Å². The molecule has 0 unspecified atom stereocenters. The minimum Gasteiger partial charge on any atom is -0.456 e. The number of nitro groups is 1. The molecule has 0 saturated heterocycles. The first kappa shape index (κ1) is 15.3. The van der Waals surface area contributed by atoms with Crippen LogP contribution in [0.15, 0.2) is 40.9 Å². The first-order valence-electron chi connectivity index (χ1n) is 5.48. The van der Waals surface area contributed by atoms with Crippen LogP contribution in [0.3, 0.4) is 0 Å². The van der Waals surface area contributed by atoms with E-state index in [-0.39, 0.29) is 5.69 Å². The van der Waals surface area contributed by atoms with Gasteiger partial charge in [-0.05, 0) is 34.1 Å². The van der Waals surface area contributed by atoms with Crippen molar-refractivity contribution in [3.05, 3.63) is 61.6 Å². The van der Waals surface area contributed by atoms with Crippen molar-refractivity contribution in [3.63, 3.8) is 0 Å². The van der Waals surface area contributed by atoms with Crippen molar-refractivity contribution in [1.29, 1.82) is 0 Å². The molecule has 0 radical (unpaired) electrons. The van der Waals surface area contributed by atoms with Crippen molar-refractivity contribution in [3.8, 4) is 11.5 Å². The van der Waals surface area contributed by atoms with Gasteiger partial charge >= 0.3 is 0 Å². The van der Waals surface area contributed by atoms with E-state index in [2.05, 4.69) is 31.9 Å².